The third kappa shape index (κ3) is 2.59. The van der Waals surface area contributed by atoms with Crippen LogP contribution < -0.4 is 5.63 Å². The van der Waals surface area contributed by atoms with E-state index in [1.54, 1.807) is 6.07 Å². The van der Waals surface area contributed by atoms with Gasteiger partial charge in [0.1, 0.15) is 11.1 Å². The van der Waals surface area contributed by atoms with Gasteiger partial charge < -0.3 is 4.42 Å². The summed E-state index contributed by atoms with van der Waals surface area (Å²) in [5, 5.41) is 0.774. The minimum Gasteiger partial charge on any atom is -0.421 e. The predicted molar refractivity (Wildman–Crippen MR) is 106 cm³/mol. The van der Waals surface area contributed by atoms with Crippen LogP contribution in [0.5, 0.6) is 0 Å². The molecule has 0 radical (unpaired) electrons. The minimum atomic E-state index is -0.479. The molecule has 0 atom stereocenters. The molecule has 0 bridgehead atoms. The first-order valence-electron chi connectivity index (χ1n) is 8.66. The Hall–Kier alpha value is -3.79. The lowest BCUT2D eigenvalue weighted by molar-refractivity contribution is 0.567. The SMILES string of the molecule is O=c1oc2ccccc2c2nc(-c3ccccc3)c(-c3ccccc3)nc12. The van der Waals surface area contributed by atoms with Gasteiger partial charge in [0.15, 0.2) is 5.52 Å². The number of nitrogens with zero attached hydrogens (tertiary/aromatic N) is 2. The van der Waals surface area contributed by atoms with Gasteiger partial charge in [-0.2, -0.15) is 0 Å². The Bertz CT molecular complexity index is 1330. The summed E-state index contributed by atoms with van der Waals surface area (Å²) in [6, 6.07) is 27.0. The summed E-state index contributed by atoms with van der Waals surface area (Å²) in [6.45, 7) is 0. The maximum absolute atomic E-state index is 12.6. The Morgan fingerprint density at radius 3 is 1.74 bits per heavy atom. The molecule has 0 amide bonds. The maximum Gasteiger partial charge on any atom is 0.364 e. The fourth-order valence-electron chi connectivity index (χ4n) is 3.26. The second kappa shape index (κ2) is 6.18. The summed E-state index contributed by atoms with van der Waals surface area (Å²) >= 11 is 0. The van der Waals surface area contributed by atoms with Crippen molar-refractivity contribution in [3.8, 4) is 22.5 Å². The molecule has 4 heteroatoms. The van der Waals surface area contributed by atoms with E-state index in [4.69, 9.17) is 14.4 Å². The van der Waals surface area contributed by atoms with Gasteiger partial charge in [-0.25, -0.2) is 14.8 Å². The number of hydrogen-bond acceptors (Lipinski definition) is 4. The van der Waals surface area contributed by atoms with Crippen LogP contribution in [0.4, 0.5) is 0 Å². The molecule has 3 aromatic carbocycles. The number of hydrogen-bond donors (Lipinski definition) is 0. The molecule has 2 aromatic heterocycles. The zero-order valence-corrected chi connectivity index (χ0v) is 14.3. The standard InChI is InChI=1S/C23H14N2O2/c26-23-22-21(17-13-7-8-14-18(17)27-23)24-19(15-9-3-1-4-10-15)20(25-22)16-11-5-2-6-12-16/h1-14H. The second-order valence-corrected chi connectivity index (χ2v) is 6.24. The fraction of sp³-hybridized carbons (Fsp3) is 0. The highest BCUT2D eigenvalue weighted by Crippen LogP contribution is 2.31. The van der Waals surface area contributed by atoms with Crippen molar-refractivity contribution in [3.63, 3.8) is 0 Å². The fourth-order valence-corrected chi connectivity index (χ4v) is 3.26. The van der Waals surface area contributed by atoms with Crippen LogP contribution in [-0.2, 0) is 0 Å². The Labute approximate surface area is 154 Å². The van der Waals surface area contributed by atoms with E-state index in [9.17, 15) is 4.79 Å². The molecule has 0 aliphatic rings. The second-order valence-electron chi connectivity index (χ2n) is 6.24. The van der Waals surface area contributed by atoms with Gasteiger partial charge >= 0.3 is 5.63 Å². The predicted octanol–water partition coefficient (Wildman–Crippen LogP) is 5.07. The number of fused-ring (bicyclic) bond motifs is 3. The molecule has 5 rings (SSSR count). The Morgan fingerprint density at radius 2 is 1.11 bits per heavy atom. The number of aromatic nitrogens is 2. The first-order valence-corrected chi connectivity index (χ1v) is 8.66. The molecule has 5 aromatic rings. The summed E-state index contributed by atoms with van der Waals surface area (Å²) in [5.74, 6) is 0. The van der Waals surface area contributed by atoms with E-state index in [1.165, 1.54) is 0 Å². The molecule has 0 aliphatic heterocycles. The Morgan fingerprint density at radius 1 is 0.593 bits per heavy atom. The molecule has 0 fully saturated rings. The molecule has 0 N–H and O–H groups in total. The van der Waals surface area contributed by atoms with E-state index < -0.39 is 5.63 Å². The molecule has 128 valence electrons. The number of para-hydroxylation sites is 1. The normalized spacial score (nSPS) is 11.1. The van der Waals surface area contributed by atoms with Crippen LogP contribution >= 0.6 is 0 Å². The third-order valence-corrected chi connectivity index (χ3v) is 4.53. The zero-order chi connectivity index (χ0) is 18.2. The quantitative estimate of drug-likeness (QED) is 0.329. The van der Waals surface area contributed by atoms with Crippen molar-refractivity contribution in [1.29, 1.82) is 0 Å². The van der Waals surface area contributed by atoms with Crippen LogP contribution in [0.3, 0.4) is 0 Å². The highest BCUT2D eigenvalue weighted by atomic mass is 16.4. The summed E-state index contributed by atoms with van der Waals surface area (Å²) in [6.07, 6.45) is 0. The first kappa shape index (κ1) is 15.5. The monoisotopic (exact) mass is 350 g/mol. The van der Waals surface area contributed by atoms with Crippen molar-refractivity contribution < 1.29 is 4.42 Å². The van der Waals surface area contributed by atoms with Crippen molar-refractivity contribution in [1.82, 2.24) is 9.97 Å². The van der Waals surface area contributed by atoms with E-state index in [0.29, 0.717) is 16.8 Å². The summed E-state index contributed by atoms with van der Waals surface area (Å²) in [4.78, 5) is 22.1. The van der Waals surface area contributed by atoms with Crippen LogP contribution in [-0.4, -0.2) is 9.97 Å². The van der Waals surface area contributed by atoms with E-state index in [2.05, 4.69) is 0 Å². The summed E-state index contributed by atoms with van der Waals surface area (Å²) < 4.78 is 5.45. The Kier molecular flexibility index (Phi) is 3.54. The largest absolute Gasteiger partial charge is 0.421 e. The highest BCUT2D eigenvalue weighted by Gasteiger charge is 2.17. The van der Waals surface area contributed by atoms with Gasteiger partial charge in [-0.3, -0.25) is 0 Å². The maximum atomic E-state index is 12.6. The highest BCUT2D eigenvalue weighted by molar-refractivity contribution is 6.02. The van der Waals surface area contributed by atoms with Gasteiger partial charge in [-0.05, 0) is 12.1 Å². The van der Waals surface area contributed by atoms with Crippen molar-refractivity contribution >= 4 is 22.0 Å². The summed E-state index contributed by atoms with van der Waals surface area (Å²) in [7, 11) is 0. The van der Waals surface area contributed by atoms with Crippen molar-refractivity contribution in [3.05, 3.63) is 95.3 Å². The van der Waals surface area contributed by atoms with Gasteiger partial charge in [0, 0.05) is 16.5 Å². The van der Waals surface area contributed by atoms with Crippen LogP contribution in [0, 0.1) is 0 Å². The average molecular weight is 350 g/mol. The first-order chi connectivity index (χ1) is 13.3. The average Bonchev–Trinajstić information content (AvgIpc) is 2.74. The van der Waals surface area contributed by atoms with Crippen LogP contribution in [0.1, 0.15) is 0 Å². The zero-order valence-electron chi connectivity index (χ0n) is 14.3. The van der Waals surface area contributed by atoms with Gasteiger partial charge in [-0.1, -0.05) is 72.8 Å². The smallest absolute Gasteiger partial charge is 0.364 e. The van der Waals surface area contributed by atoms with Gasteiger partial charge in [0.25, 0.3) is 0 Å². The molecule has 0 unspecified atom stereocenters. The lowest BCUT2D eigenvalue weighted by Gasteiger charge is -2.11. The molecular weight excluding hydrogens is 336 g/mol. The van der Waals surface area contributed by atoms with Crippen molar-refractivity contribution in [2.45, 2.75) is 0 Å². The van der Waals surface area contributed by atoms with Crippen LogP contribution in [0.15, 0.2) is 94.1 Å². The van der Waals surface area contributed by atoms with E-state index in [0.717, 1.165) is 22.2 Å². The van der Waals surface area contributed by atoms with E-state index in [1.807, 2.05) is 78.9 Å². The molecule has 0 saturated carbocycles. The number of rotatable bonds is 2. The molecule has 0 aliphatic carbocycles. The molecule has 2 heterocycles. The molecule has 0 saturated heterocycles. The van der Waals surface area contributed by atoms with Crippen molar-refractivity contribution in [2.75, 3.05) is 0 Å². The van der Waals surface area contributed by atoms with Gasteiger partial charge in [0.2, 0.25) is 0 Å². The lowest BCUT2D eigenvalue weighted by atomic mass is 10.0. The van der Waals surface area contributed by atoms with Gasteiger partial charge in [0.05, 0.1) is 11.4 Å². The van der Waals surface area contributed by atoms with Crippen molar-refractivity contribution in [2.24, 2.45) is 0 Å². The number of benzene rings is 3. The minimum absolute atomic E-state index is 0.243. The molecule has 0 spiro atoms. The van der Waals surface area contributed by atoms with E-state index in [-0.39, 0.29) is 5.52 Å². The summed E-state index contributed by atoms with van der Waals surface area (Å²) in [5.41, 5.74) is 4.08. The lowest BCUT2D eigenvalue weighted by Crippen LogP contribution is -2.06. The topological polar surface area (TPSA) is 56.0 Å². The third-order valence-electron chi connectivity index (χ3n) is 4.53. The molecule has 4 nitrogen and oxygen atoms in total. The molecule has 27 heavy (non-hydrogen) atoms. The Balaban J connectivity index is 1.95. The van der Waals surface area contributed by atoms with Crippen LogP contribution in [0.2, 0.25) is 0 Å². The van der Waals surface area contributed by atoms with E-state index >= 15 is 0 Å². The molecular formula is C23H14N2O2. The van der Waals surface area contributed by atoms with Crippen LogP contribution in [0.25, 0.3) is 44.5 Å². The van der Waals surface area contributed by atoms with Gasteiger partial charge in [-0.15, -0.1) is 0 Å².